The zero-order chi connectivity index (χ0) is 13.1. The highest BCUT2D eigenvalue weighted by molar-refractivity contribution is 6.11. The minimum absolute atomic E-state index is 0.0841. The van der Waals surface area contributed by atoms with E-state index in [4.69, 9.17) is 10.5 Å². The smallest absolute Gasteiger partial charge is 0.196 e. The van der Waals surface area contributed by atoms with Gasteiger partial charge in [-0.05, 0) is 30.7 Å². The van der Waals surface area contributed by atoms with Gasteiger partial charge >= 0.3 is 0 Å². The fourth-order valence-corrected chi connectivity index (χ4v) is 1.77. The second-order valence-electron chi connectivity index (χ2n) is 4.10. The first-order chi connectivity index (χ1) is 8.63. The monoisotopic (exact) mass is 241 g/mol. The van der Waals surface area contributed by atoms with E-state index in [0.717, 1.165) is 5.56 Å². The van der Waals surface area contributed by atoms with E-state index >= 15 is 0 Å². The third kappa shape index (κ3) is 2.20. The molecule has 2 N–H and O–H groups in total. The molecule has 0 spiro atoms. The number of anilines is 1. The van der Waals surface area contributed by atoms with E-state index in [2.05, 4.69) is 0 Å². The molecule has 0 aromatic heterocycles. The van der Waals surface area contributed by atoms with Crippen LogP contribution in [0, 0.1) is 6.92 Å². The lowest BCUT2D eigenvalue weighted by Crippen LogP contribution is -2.05. The maximum Gasteiger partial charge on any atom is 0.196 e. The largest absolute Gasteiger partial charge is 0.496 e. The van der Waals surface area contributed by atoms with Crippen LogP contribution < -0.4 is 10.5 Å². The fourth-order valence-electron chi connectivity index (χ4n) is 1.77. The number of benzene rings is 2. The Kier molecular flexibility index (Phi) is 3.33. The minimum atomic E-state index is -0.0841. The van der Waals surface area contributed by atoms with Crippen molar-refractivity contribution in [3.8, 4) is 5.75 Å². The van der Waals surface area contributed by atoms with Crippen LogP contribution in [0.5, 0.6) is 5.75 Å². The van der Waals surface area contributed by atoms with Crippen molar-refractivity contribution < 1.29 is 9.53 Å². The average molecular weight is 241 g/mol. The number of hydrogen-bond donors (Lipinski definition) is 1. The summed E-state index contributed by atoms with van der Waals surface area (Å²) >= 11 is 0. The maximum absolute atomic E-state index is 12.4. The molecule has 18 heavy (non-hydrogen) atoms. The number of para-hydroxylation sites is 1. The molecule has 92 valence electrons. The summed E-state index contributed by atoms with van der Waals surface area (Å²) < 4.78 is 5.19. The van der Waals surface area contributed by atoms with E-state index in [1.807, 2.05) is 25.1 Å². The van der Waals surface area contributed by atoms with Gasteiger partial charge in [-0.25, -0.2) is 0 Å². The lowest BCUT2D eigenvalue weighted by Gasteiger charge is -2.08. The Labute approximate surface area is 106 Å². The van der Waals surface area contributed by atoms with E-state index in [0.29, 0.717) is 22.6 Å². The van der Waals surface area contributed by atoms with Crippen LogP contribution in [0.3, 0.4) is 0 Å². The average Bonchev–Trinajstić information content (AvgIpc) is 2.41. The highest BCUT2D eigenvalue weighted by atomic mass is 16.5. The molecule has 0 saturated heterocycles. The second-order valence-corrected chi connectivity index (χ2v) is 4.10. The van der Waals surface area contributed by atoms with Crippen molar-refractivity contribution in [2.75, 3.05) is 12.8 Å². The molecule has 0 atom stereocenters. The molecule has 3 nitrogen and oxygen atoms in total. The summed E-state index contributed by atoms with van der Waals surface area (Å²) in [7, 11) is 1.55. The van der Waals surface area contributed by atoms with Gasteiger partial charge in [0.15, 0.2) is 5.78 Å². The van der Waals surface area contributed by atoms with Crippen LogP contribution in [0.25, 0.3) is 0 Å². The van der Waals surface area contributed by atoms with Gasteiger partial charge in [-0.15, -0.1) is 0 Å². The first-order valence-corrected chi connectivity index (χ1v) is 5.67. The third-order valence-corrected chi connectivity index (χ3v) is 2.89. The van der Waals surface area contributed by atoms with Crippen LogP contribution in [0.2, 0.25) is 0 Å². The lowest BCUT2D eigenvalue weighted by molar-refractivity contribution is 0.103. The SMILES string of the molecule is COc1ccccc1C(=O)c1ccc(C)c(N)c1. The predicted molar refractivity (Wildman–Crippen MR) is 72.0 cm³/mol. The van der Waals surface area contributed by atoms with Crippen molar-refractivity contribution in [1.82, 2.24) is 0 Å². The molecule has 0 amide bonds. The summed E-state index contributed by atoms with van der Waals surface area (Å²) in [4.78, 5) is 12.4. The first kappa shape index (κ1) is 12.2. The third-order valence-electron chi connectivity index (χ3n) is 2.89. The van der Waals surface area contributed by atoms with Gasteiger partial charge in [0.1, 0.15) is 5.75 Å². The summed E-state index contributed by atoms with van der Waals surface area (Å²) in [5.74, 6) is 0.487. The molecule has 2 aromatic rings. The number of carbonyl (C=O) groups is 1. The highest BCUT2D eigenvalue weighted by Crippen LogP contribution is 2.22. The molecule has 2 aromatic carbocycles. The molecular formula is C15H15NO2. The van der Waals surface area contributed by atoms with E-state index in [-0.39, 0.29) is 5.78 Å². The van der Waals surface area contributed by atoms with Crippen LogP contribution in [-0.4, -0.2) is 12.9 Å². The Balaban J connectivity index is 2.44. The quantitative estimate of drug-likeness (QED) is 0.664. The summed E-state index contributed by atoms with van der Waals surface area (Å²) in [5, 5.41) is 0. The van der Waals surface area contributed by atoms with E-state index in [1.165, 1.54) is 0 Å². The number of ether oxygens (including phenoxy) is 1. The van der Waals surface area contributed by atoms with Gasteiger partial charge in [0.25, 0.3) is 0 Å². The van der Waals surface area contributed by atoms with E-state index < -0.39 is 0 Å². The molecule has 0 aliphatic carbocycles. The van der Waals surface area contributed by atoms with Crippen LogP contribution in [0.1, 0.15) is 21.5 Å². The van der Waals surface area contributed by atoms with Crippen molar-refractivity contribution >= 4 is 11.5 Å². The number of nitrogen functional groups attached to an aromatic ring is 1. The minimum Gasteiger partial charge on any atom is -0.496 e. The molecule has 0 saturated carbocycles. The molecular weight excluding hydrogens is 226 g/mol. The maximum atomic E-state index is 12.4. The fraction of sp³-hybridized carbons (Fsp3) is 0.133. The molecule has 3 heteroatoms. The molecule has 0 fully saturated rings. The highest BCUT2D eigenvalue weighted by Gasteiger charge is 2.14. The molecule has 0 unspecified atom stereocenters. The molecule has 0 radical (unpaired) electrons. The zero-order valence-corrected chi connectivity index (χ0v) is 10.4. The van der Waals surface area contributed by atoms with Crippen molar-refractivity contribution in [3.05, 3.63) is 59.2 Å². The first-order valence-electron chi connectivity index (χ1n) is 5.67. The Bertz CT molecular complexity index is 591. The van der Waals surface area contributed by atoms with Crippen LogP contribution in [0.15, 0.2) is 42.5 Å². The van der Waals surface area contributed by atoms with Gasteiger partial charge in [0.05, 0.1) is 12.7 Å². The number of methoxy groups -OCH3 is 1. The zero-order valence-electron chi connectivity index (χ0n) is 10.4. The van der Waals surface area contributed by atoms with Crippen molar-refractivity contribution in [2.24, 2.45) is 0 Å². The van der Waals surface area contributed by atoms with Gasteiger partial charge in [0.2, 0.25) is 0 Å². The van der Waals surface area contributed by atoms with Crippen molar-refractivity contribution in [2.45, 2.75) is 6.92 Å². The molecule has 2 rings (SSSR count). The Morgan fingerprint density at radius 1 is 1.17 bits per heavy atom. The van der Waals surface area contributed by atoms with Crippen LogP contribution >= 0.6 is 0 Å². The van der Waals surface area contributed by atoms with Crippen LogP contribution in [-0.2, 0) is 0 Å². The van der Waals surface area contributed by atoms with Crippen molar-refractivity contribution in [1.29, 1.82) is 0 Å². The number of hydrogen-bond acceptors (Lipinski definition) is 3. The number of rotatable bonds is 3. The van der Waals surface area contributed by atoms with E-state index in [1.54, 1.807) is 31.4 Å². The van der Waals surface area contributed by atoms with Gasteiger partial charge < -0.3 is 10.5 Å². The van der Waals surface area contributed by atoms with Gasteiger partial charge in [-0.1, -0.05) is 24.3 Å². The lowest BCUT2D eigenvalue weighted by atomic mass is 10.0. The topological polar surface area (TPSA) is 52.3 Å². The number of aryl methyl sites for hydroxylation is 1. The summed E-state index contributed by atoms with van der Waals surface area (Å²) in [6.45, 7) is 1.91. The predicted octanol–water partition coefficient (Wildman–Crippen LogP) is 2.82. The second kappa shape index (κ2) is 4.92. The van der Waals surface area contributed by atoms with Crippen molar-refractivity contribution in [3.63, 3.8) is 0 Å². The van der Waals surface area contributed by atoms with Crippen LogP contribution in [0.4, 0.5) is 5.69 Å². The summed E-state index contributed by atoms with van der Waals surface area (Å²) in [5.41, 5.74) is 8.53. The Hall–Kier alpha value is -2.29. The standard InChI is InChI=1S/C15H15NO2/c1-10-7-8-11(9-13(10)16)15(17)12-5-3-4-6-14(12)18-2/h3-9H,16H2,1-2H3. The number of ketones is 1. The van der Waals surface area contributed by atoms with Gasteiger partial charge in [0, 0.05) is 11.3 Å². The summed E-state index contributed by atoms with van der Waals surface area (Å²) in [6.07, 6.45) is 0. The van der Waals surface area contributed by atoms with Gasteiger partial charge in [-0.3, -0.25) is 4.79 Å². The molecule has 0 heterocycles. The Morgan fingerprint density at radius 2 is 1.89 bits per heavy atom. The van der Waals surface area contributed by atoms with E-state index in [9.17, 15) is 4.79 Å². The Morgan fingerprint density at radius 3 is 2.56 bits per heavy atom. The number of carbonyl (C=O) groups excluding carboxylic acids is 1. The van der Waals surface area contributed by atoms with Gasteiger partial charge in [-0.2, -0.15) is 0 Å². The summed E-state index contributed by atoms with van der Waals surface area (Å²) in [6, 6.07) is 12.5. The normalized spacial score (nSPS) is 10.1. The molecule has 0 aliphatic heterocycles. The molecule has 0 aliphatic rings. The molecule has 0 bridgehead atoms. The number of nitrogens with two attached hydrogens (primary N) is 1.